The molecule has 1 atom stereocenters. The molecule has 0 aliphatic carbocycles. The average Bonchev–Trinajstić information content (AvgIpc) is 3.14. The molecule has 1 unspecified atom stereocenters. The van der Waals surface area contributed by atoms with Gasteiger partial charge in [0.05, 0.1) is 6.10 Å². The predicted octanol–water partition coefficient (Wildman–Crippen LogP) is 3.08. The van der Waals surface area contributed by atoms with Crippen LogP contribution in [0.2, 0.25) is 0 Å². The minimum atomic E-state index is -0.224. The third-order valence-electron chi connectivity index (χ3n) is 3.82. The zero-order chi connectivity index (χ0) is 18.4. The molecule has 26 heavy (non-hydrogen) atoms. The fourth-order valence-electron chi connectivity index (χ4n) is 2.58. The SMILES string of the molecule is CC(C)Oc1ncccc1CNC(=O)c1cccnc1OC1CCSC1. The van der Waals surface area contributed by atoms with Crippen molar-refractivity contribution in [1.82, 2.24) is 15.3 Å². The van der Waals surface area contributed by atoms with E-state index >= 15 is 0 Å². The maximum atomic E-state index is 12.6. The van der Waals surface area contributed by atoms with E-state index < -0.39 is 0 Å². The zero-order valence-electron chi connectivity index (χ0n) is 15.0. The van der Waals surface area contributed by atoms with Gasteiger partial charge in [0.2, 0.25) is 11.8 Å². The monoisotopic (exact) mass is 373 g/mol. The number of hydrogen-bond donors (Lipinski definition) is 1. The second-order valence-electron chi connectivity index (χ2n) is 6.28. The van der Waals surface area contributed by atoms with Gasteiger partial charge in [-0.2, -0.15) is 11.8 Å². The van der Waals surface area contributed by atoms with Crippen LogP contribution in [-0.4, -0.2) is 39.6 Å². The lowest BCUT2D eigenvalue weighted by Crippen LogP contribution is -2.26. The second kappa shape index (κ2) is 8.89. The fourth-order valence-corrected chi connectivity index (χ4v) is 3.67. The third-order valence-corrected chi connectivity index (χ3v) is 4.95. The van der Waals surface area contributed by atoms with Gasteiger partial charge in [-0.3, -0.25) is 4.79 Å². The smallest absolute Gasteiger partial charge is 0.257 e. The summed E-state index contributed by atoms with van der Waals surface area (Å²) in [5, 5.41) is 2.91. The summed E-state index contributed by atoms with van der Waals surface area (Å²) in [4.78, 5) is 21.1. The highest BCUT2D eigenvalue weighted by molar-refractivity contribution is 7.99. The van der Waals surface area contributed by atoms with Crippen molar-refractivity contribution in [2.75, 3.05) is 11.5 Å². The average molecular weight is 373 g/mol. The Morgan fingerprint density at radius 2 is 2.04 bits per heavy atom. The normalized spacial score (nSPS) is 16.5. The minimum Gasteiger partial charge on any atom is -0.475 e. The highest BCUT2D eigenvalue weighted by atomic mass is 32.2. The molecule has 1 aliphatic heterocycles. The van der Waals surface area contributed by atoms with E-state index in [4.69, 9.17) is 9.47 Å². The van der Waals surface area contributed by atoms with E-state index in [9.17, 15) is 4.79 Å². The van der Waals surface area contributed by atoms with Gasteiger partial charge in [0.15, 0.2) is 0 Å². The summed E-state index contributed by atoms with van der Waals surface area (Å²) in [6.07, 6.45) is 4.43. The van der Waals surface area contributed by atoms with E-state index in [1.807, 2.05) is 37.7 Å². The molecule has 0 radical (unpaired) electrons. The first-order valence-electron chi connectivity index (χ1n) is 8.71. The van der Waals surface area contributed by atoms with Crippen LogP contribution in [-0.2, 0) is 6.54 Å². The van der Waals surface area contributed by atoms with Gasteiger partial charge < -0.3 is 14.8 Å². The van der Waals surface area contributed by atoms with E-state index in [1.54, 1.807) is 24.5 Å². The van der Waals surface area contributed by atoms with Gasteiger partial charge in [-0.15, -0.1) is 0 Å². The molecule has 0 spiro atoms. The zero-order valence-corrected chi connectivity index (χ0v) is 15.8. The Kier molecular flexibility index (Phi) is 6.33. The van der Waals surface area contributed by atoms with Crippen LogP contribution in [0.3, 0.4) is 0 Å². The van der Waals surface area contributed by atoms with Crippen LogP contribution in [0, 0.1) is 0 Å². The Hall–Kier alpha value is -2.28. The molecule has 138 valence electrons. The molecule has 7 heteroatoms. The van der Waals surface area contributed by atoms with Gasteiger partial charge in [-0.1, -0.05) is 6.07 Å². The fraction of sp³-hybridized carbons (Fsp3) is 0.421. The number of nitrogens with zero attached hydrogens (tertiary/aromatic N) is 2. The molecule has 1 saturated heterocycles. The molecule has 6 nitrogen and oxygen atoms in total. The second-order valence-corrected chi connectivity index (χ2v) is 7.43. The maximum absolute atomic E-state index is 12.6. The number of nitrogens with one attached hydrogen (secondary N) is 1. The Morgan fingerprint density at radius 1 is 1.27 bits per heavy atom. The molecule has 2 aromatic rings. The van der Waals surface area contributed by atoms with E-state index in [1.165, 1.54) is 0 Å². The van der Waals surface area contributed by atoms with Crippen LogP contribution in [0.25, 0.3) is 0 Å². The van der Waals surface area contributed by atoms with Crippen LogP contribution in [0.5, 0.6) is 11.8 Å². The van der Waals surface area contributed by atoms with E-state index in [-0.39, 0.29) is 18.1 Å². The topological polar surface area (TPSA) is 73.3 Å². The number of hydrogen-bond acceptors (Lipinski definition) is 6. The van der Waals surface area contributed by atoms with Gasteiger partial charge in [-0.05, 0) is 44.2 Å². The van der Waals surface area contributed by atoms with Crippen molar-refractivity contribution in [2.24, 2.45) is 0 Å². The number of pyridine rings is 2. The standard InChI is InChI=1S/C19H23N3O3S/c1-13(2)24-18-14(5-3-8-20-18)11-22-17(23)16-6-4-9-21-19(16)25-15-7-10-26-12-15/h3-6,8-9,13,15H,7,10-12H2,1-2H3,(H,22,23). The molecule has 0 aromatic carbocycles. The number of thioether (sulfide) groups is 1. The Balaban J connectivity index is 1.67. The summed E-state index contributed by atoms with van der Waals surface area (Å²) < 4.78 is 11.6. The van der Waals surface area contributed by atoms with Crippen molar-refractivity contribution < 1.29 is 14.3 Å². The van der Waals surface area contributed by atoms with E-state index in [0.717, 1.165) is 23.5 Å². The molecule has 0 bridgehead atoms. The van der Waals surface area contributed by atoms with Crippen molar-refractivity contribution in [3.05, 3.63) is 47.8 Å². The van der Waals surface area contributed by atoms with Gasteiger partial charge in [0, 0.05) is 30.3 Å². The maximum Gasteiger partial charge on any atom is 0.257 e. The first kappa shape index (κ1) is 18.5. The summed E-state index contributed by atoms with van der Waals surface area (Å²) in [7, 11) is 0. The number of aromatic nitrogens is 2. The molecule has 1 aliphatic rings. The number of amides is 1. The van der Waals surface area contributed by atoms with Gasteiger partial charge in [0.25, 0.3) is 5.91 Å². The first-order chi connectivity index (χ1) is 12.6. The molecule has 2 aromatic heterocycles. The van der Waals surface area contributed by atoms with E-state index in [0.29, 0.717) is 23.9 Å². The molecule has 1 N–H and O–H groups in total. The van der Waals surface area contributed by atoms with Crippen LogP contribution in [0.1, 0.15) is 36.2 Å². The van der Waals surface area contributed by atoms with Crippen molar-refractivity contribution in [3.8, 4) is 11.8 Å². The summed E-state index contributed by atoms with van der Waals surface area (Å²) in [5.41, 5.74) is 1.27. The lowest BCUT2D eigenvalue weighted by molar-refractivity contribution is 0.0942. The van der Waals surface area contributed by atoms with Crippen molar-refractivity contribution >= 4 is 17.7 Å². The molecule has 1 amide bonds. The highest BCUT2D eigenvalue weighted by Gasteiger charge is 2.21. The van der Waals surface area contributed by atoms with Gasteiger partial charge in [0.1, 0.15) is 11.7 Å². The van der Waals surface area contributed by atoms with Crippen molar-refractivity contribution in [1.29, 1.82) is 0 Å². The third kappa shape index (κ3) is 4.88. The lowest BCUT2D eigenvalue weighted by atomic mass is 10.2. The lowest BCUT2D eigenvalue weighted by Gasteiger charge is -2.15. The summed E-state index contributed by atoms with van der Waals surface area (Å²) in [5.74, 6) is 2.72. The number of carbonyl (C=O) groups is 1. The first-order valence-corrected chi connectivity index (χ1v) is 9.87. The van der Waals surface area contributed by atoms with Crippen LogP contribution < -0.4 is 14.8 Å². The van der Waals surface area contributed by atoms with Crippen molar-refractivity contribution in [3.63, 3.8) is 0 Å². The van der Waals surface area contributed by atoms with Crippen LogP contribution in [0.4, 0.5) is 0 Å². The Morgan fingerprint density at radius 3 is 2.77 bits per heavy atom. The van der Waals surface area contributed by atoms with Crippen LogP contribution in [0.15, 0.2) is 36.7 Å². The number of carbonyl (C=O) groups excluding carboxylic acids is 1. The highest BCUT2D eigenvalue weighted by Crippen LogP contribution is 2.24. The molecule has 0 saturated carbocycles. The quantitative estimate of drug-likeness (QED) is 0.804. The van der Waals surface area contributed by atoms with Gasteiger partial charge >= 0.3 is 0 Å². The van der Waals surface area contributed by atoms with Crippen LogP contribution >= 0.6 is 11.8 Å². The van der Waals surface area contributed by atoms with E-state index in [2.05, 4.69) is 15.3 Å². The molecular formula is C19H23N3O3S. The number of rotatable bonds is 7. The Labute approximate surface area is 157 Å². The largest absolute Gasteiger partial charge is 0.475 e. The summed E-state index contributed by atoms with van der Waals surface area (Å²) >= 11 is 1.86. The molecular weight excluding hydrogens is 350 g/mol. The number of ether oxygens (including phenoxy) is 2. The van der Waals surface area contributed by atoms with Crippen molar-refractivity contribution in [2.45, 2.75) is 39.0 Å². The summed E-state index contributed by atoms with van der Waals surface area (Å²) in [6, 6.07) is 7.18. The minimum absolute atomic E-state index is 0.0157. The molecule has 3 heterocycles. The predicted molar refractivity (Wildman–Crippen MR) is 102 cm³/mol. The summed E-state index contributed by atoms with van der Waals surface area (Å²) in [6.45, 7) is 4.21. The van der Waals surface area contributed by atoms with Gasteiger partial charge in [-0.25, -0.2) is 9.97 Å². The Bertz CT molecular complexity index is 748. The molecule has 3 rings (SSSR count). The molecule has 1 fully saturated rings.